The molecule has 3 aliphatic rings. The predicted molar refractivity (Wildman–Crippen MR) is 103 cm³/mol. The molecule has 9 heteroatoms. The molecule has 3 saturated heterocycles. The summed E-state index contributed by atoms with van der Waals surface area (Å²) in [5, 5.41) is 7.12. The Hall–Kier alpha value is -2.13. The summed E-state index contributed by atoms with van der Waals surface area (Å²) in [6, 6.07) is 10.7. The first-order valence-electron chi connectivity index (χ1n) is 10.2. The van der Waals surface area contributed by atoms with Crippen LogP contribution in [0.2, 0.25) is 0 Å². The van der Waals surface area contributed by atoms with E-state index in [1.807, 2.05) is 4.90 Å². The van der Waals surface area contributed by atoms with Gasteiger partial charge in [0.2, 0.25) is 5.91 Å². The molecule has 4 rings (SSSR count). The quantitative estimate of drug-likeness (QED) is 0.781. The van der Waals surface area contributed by atoms with Crippen LogP contribution in [0.15, 0.2) is 30.3 Å². The van der Waals surface area contributed by atoms with Gasteiger partial charge in [-0.25, -0.2) is 4.79 Å². The molecule has 0 aromatic heterocycles. The molecule has 30 heavy (non-hydrogen) atoms. The first-order valence-corrected chi connectivity index (χ1v) is 10.2. The molecule has 6 nitrogen and oxygen atoms in total. The first kappa shape index (κ1) is 22.6. The second-order valence-electron chi connectivity index (χ2n) is 8.03. The lowest BCUT2D eigenvalue weighted by atomic mass is 10.0. The van der Waals surface area contributed by atoms with E-state index in [2.05, 4.69) is 35.2 Å². The van der Waals surface area contributed by atoms with Gasteiger partial charge in [-0.2, -0.15) is 13.2 Å². The summed E-state index contributed by atoms with van der Waals surface area (Å²) in [7, 11) is 0. The number of carboxylic acids is 1. The number of likely N-dealkylation sites (tertiary alicyclic amines) is 2. The maximum absolute atomic E-state index is 12.1. The van der Waals surface area contributed by atoms with Crippen molar-refractivity contribution in [2.45, 2.75) is 44.1 Å². The Morgan fingerprint density at radius 2 is 1.80 bits per heavy atom. The third-order valence-electron chi connectivity index (χ3n) is 5.80. The number of carbonyl (C=O) groups is 2. The molecule has 3 aliphatic heterocycles. The standard InChI is InChI=1S/C19H26N2O2.C2HF3O2/c22-19(21-8-4-9-21)12-17-11-16-13-20(14-18(16)23-17)10-7-15-5-2-1-3-6-15;3-2(4,5)1(6)7/h1-3,5-6,16-18H,4,7-14H2;(H,6,7)/t16-,17-,18+;/m0./s1. The zero-order valence-electron chi connectivity index (χ0n) is 16.7. The highest BCUT2D eigenvalue weighted by Gasteiger charge is 2.42. The Morgan fingerprint density at radius 3 is 2.33 bits per heavy atom. The van der Waals surface area contributed by atoms with Crippen molar-refractivity contribution in [3.63, 3.8) is 0 Å². The molecule has 0 aliphatic carbocycles. The molecule has 3 heterocycles. The molecule has 0 saturated carbocycles. The number of hydrogen-bond acceptors (Lipinski definition) is 4. The van der Waals surface area contributed by atoms with E-state index < -0.39 is 12.1 Å². The number of carboxylic acid groups (broad SMARTS) is 1. The molecule has 3 atom stereocenters. The molecule has 1 amide bonds. The van der Waals surface area contributed by atoms with E-state index in [1.54, 1.807) is 0 Å². The van der Waals surface area contributed by atoms with Gasteiger partial charge in [-0.1, -0.05) is 30.3 Å². The van der Waals surface area contributed by atoms with Crippen molar-refractivity contribution in [3.05, 3.63) is 35.9 Å². The molecule has 1 N–H and O–H groups in total. The fraction of sp³-hybridized carbons (Fsp3) is 0.619. The van der Waals surface area contributed by atoms with Gasteiger partial charge in [0.25, 0.3) is 0 Å². The molecule has 0 radical (unpaired) electrons. The Bertz CT molecular complexity index is 711. The lowest BCUT2D eigenvalue weighted by molar-refractivity contribution is -0.192. The fourth-order valence-corrected chi connectivity index (χ4v) is 4.08. The number of nitrogens with zero attached hydrogens (tertiary/aromatic N) is 2. The zero-order chi connectivity index (χ0) is 21.7. The number of aliphatic carboxylic acids is 1. The summed E-state index contributed by atoms with van der Waals surface area (Å²) in [6.45, 7) is 5.17. The molecule has 166 valence electrons. The highest BCUT2D eigenvalue weighted by atomic mass is 19.4. The number of ether oxygens (including phenoxy) is 1. The van der Waals surface area contributed by atoms with Gasteiger partial charge in [0, 0.05) is 38.6 Å². The van der Waals surface area contributed by atoms with Gasteiger partial charge >= 0.3 is 12.1 Å². The van der Waals surface area contributed by atoms with Gasteiger partial charge < -0.3 is 19.6 Å². The highest BCUT2D eigenvalue weighted by molar-refractivity contribution is 5.77. The molecule has 0 spiro atoms. The van der Waals surface area contributed by atoms with Crippen LogP contribution in [0.3, 0.4) is 0 Å². The van der Waals surface area contributed by atoms with Crippen molar-refractivity contribution in [1.82, 2.24) is 9.80 Å². The number of hydrogen-bond donors (Lipinski definition) is 1. The Kier molecular flexibility index (Phi) is 7.36. The minimum absolute atomic E-state index is 0.161. The number of amides is 1. The average molecular weight is 428 g/mol. The van der Waals surface area contributed by atoms with Crippen molar-refractivity contribution < 1.29 is 32.6 Å². The largest absolute Gasteiger partial charge is 0.490 e. The number of fused-ring (bicyclic) bond motifs is 1. The fourth-order valence-electron chi connectivity index (χ4n) is 4.08. The number of rotatable bonds is 5. The molecule has 0 bridgehead atoms. The van der Waals surface area contributed by atoms with E-state index in [1.165, 1.54) is 12.0 Å². The second-order valence-corrected chi connectivity index (χ2v) is 8.03. The van der Waals surface area contributed by atoms with Crippen LogP contribution in [0.4, 0.5) is 13.2 Å². The molecule has 1 aromatic rings. The van der Waals surface area contributed by atoms with Crippen LogP contribution in [0.1, 0.15) is 24.8 Å². The smallest absolute Gasteiger partial charge is 0.475 e. The van der Waals surface area contributed by atoms with Gasteiger partial charge in [-0.05, 0) is 24.8 Å². The molecular formula is C21H27F3N2O4. The SMILES string of the molecule is O=C(C[C@@H]1C[C@H]2CN(CCc3ccccc3)C[C@H]2O1)N1CCC1.O=C(O)C(F)(F)F. The Labute approximate surface area is 173 Å². The van der Waals surface area contributed by atoms with Crippen molar-refractivity contribution in [2.75, 3.05) is 32.7 Å². The zero-order valence-corrected chi connectivity index (χ0v) is 16.7. The maximum atomic E-state index is 12.1. The maximum Gasteiger partial charge on any atom is 0.490 e. The van der Waals surface area contributed by atoms with E-state index in [4.69, 9.17) is 14.6 Å². The van der Waals surface area contributed by atoms with Gasteiger partial charge in [0.05, 0.1) is 18.6 Å². The first-order chi connectivity index (χ1) is 14.2. The van der Waals surface area contributed by atoms with E-state index in [0.717, 1.165) is 45.6 Å². The van der Waals surface area contributed by atoms with Crippen LogP contribution in [0.5, 0.6) is 0 Å². The minimum atomic E-state index is -5.08. The number of benzene rings is 1. The summed E-state index contributed by atoms with van der Waals surface area (Å²) in [4.78, 5) is 25.4. The molecule has 3 fully saturated rings. The monoisotopic (exact) mass is 428 g/mol. The Balaban J connectivity index is 0.000000318. The van der Waals surface area contributed by atoms with Gasteiger partial charge in [0.15, 0.2) is 0 Å². The molecule has 1 aromatic carbocycles. The third-order valence-corrected chi connectivity index (χ3v) is 5.80. The van der Waals surface area contributed by atoms with Gasteiger partial charge in [-0.3, -0.25) is 4.79 Å². The van der Waals surface area contributed by atoms with E-state index in [0.29, 0.717) is 24.3 Å². The third kappa shape index (κ3) is 6.18. The van der Waals surface area contributed by atoms with Crippen molar-refractivity contribution in [1.29, 1.82) is 0 Å². The van der Waals surface area contributed by atoms with Crippen LogP contribution in [-0.4, -0.2) is 77.9 Å². The number of carbonyl (C=O) groups excluding carboxylic acids is 1. The molecule has 0 unspecified atom stereocenters. The van der Waals surface area contributed by atoms with Crippen LogP contribution in [-0.2, 0) is 20.7 Å². The van der Waals surface area contributed by atoms with E-state index in [9.17, 15) is 18.0 Å². The summed E-state index contributed by atoms with van der Waals surface area (Å²) in [5.74, 6) is -1.84. The van der Waals surface area contributed by atoms with Crippen LogP contribution >= 0.6 is 0 Å². The van der Waals surface area contributed by atoms with E-state index >= 15 is 0 Å². The van der Waals surface area contributed by atoms with Gasteiger partial charge in [0.1, 0.15) is 0 Å². The second kappa shape index (κ2) is 9.78. The summed E-state index contributed by atoms with van der Waals surface area (Å²) < 4.78 is 37.9. The normalized spacial score (nSPS) is 25.8. The van der Waals surface area contributed by atoms with Crippen LogP contribution < -0.4 is 0 Å². The van der Waals surface area contributed by atoms with Crippen LogP contribution in [0.25, 0.3) is 0 Å². The lowest BCUT2D eigenvalue weighted by Gasteiger charge is -2.31. The van der Waals surface area contributed by atoms with Crippen molar-refractivity contribution in [2.24, 2.45) is 5.92 Å². The predicted octanol–water partition coefficient (Wildman–Crippen LogP) is 2.57. The number of halogens is 3. The summed E-state index contributed by atoms with van der Waals surface area (Å²) in [6.07, 6.45) is -0.645. The number of alkyl halides is 3. The summed E-state index contributed by atoms with van der Waals surface area (Å²) >= 11 is 0. The highest BCUT2D eigenvalue weighted by Crippen LogP contribution is 2.34. The average Bonchev–Trinajstić information content (AvgIpc) is 3.17. The summed E-state index contributed by atoms with van der Waals surface area (Å²) in [5.41, 5.74) is 1.41. The Morgan fingerprint density at radius 1 is 1.13 bits per heavy atom. The lowest BCUT2D eigenvalue weighted by Crippen LogP contribution is -2.43. The van der Waals surface area contributed by atoms with E-state index in [-0.39, 0.29) is 6.10 Å². The van der Waals surface area contributed by atoms with Crippen molar-refractivity contribution in [3.8, 4) is 0 Å². The van der Waals surface area contributed by atoms with Crippen molar-refractivity contribution >= 4 is 11.9 Å². The topological polar surface area (TPSA) is 70.1 Å². The molecular weight excluding hydrogens is 401 g/mol. The minimum Gasteiger partial charge on any atom is -0.475 e. The van der Waals surface area contributed by atoms with Gasteiger partial charge in [-0.15, -0.1) is 0 Å². The van der Waals surface area contributed by atoms with Crippen LogP contribution in [0, 0.1) is 5.92 Å².